The molecule has 2 heterocycles. The lowest BCUT2D eigenvalue weighted by molar-refractivity contribution is 0.0891. The van der Waals surface area contributed by atoms with Crippen molar-refractivity contribution in [2.24, 2.45) is 5.73 Å². The van der Waals surface area contributed by atoms with Gasteiger partial charge in [0.2, 0.25) is 0 Å². The van der Waals surface area contributed by atoms with Crippen molar-refractivity contribution in [2.45, 2.75) is 18.9 Å². The second-order valence-electron chi connectivity index (χ2n) is 4.23. The molecule has 1 fully saturated rings. The molecule has 0 amide bonds. The SMILES string of the molecule is COC1CCCN(c2ncccc2C(=N)N)C1. The van der Waals surface area contributed by atoms with Crippen LogP contribution in [0.3, 0.4) is 0 Å². The van der Waals surface area contributed by atoms with Crippen molar-refractivity contribution in [1.82, 2.24) is 4.98 Å². The van der Waals surface area contributed by atoms with Crippen molar-refractivity contribution in [1.29, 1.82) is 5.41 Å². The molecule has 1 aliphatic rings. The Kier molecular flexibility index (Phi) is 3.58. The first kappa shape index (κ1) is 11.9. The van der Waals surface area contributed by atoms with E-state index in [0.29, 0.717) is 5.56 Å². The number of amidine groups is 1. The summed E-state index contributed by atoms with van der Waals surface area (Å²) >= 11 is 0. The predicted molar refractivity (Wildman–Crippen MR) is 67.5 cm³/mol. The summed E-state index contributed by atoms with van der Waals surface area (Å²) in [5.41, 5.74) is 6.27. The lowest BCUT2D eigenvalue weighted by Gasteiger charge is -2.33. The van der Waals surface area contributed by atoms with E-state index in [1.165, 1.54) is 0 Å². The highest BCUT2D eigenvalue weighted by Gasteiger charge is 2.22. The normalized spacial score (nSPS) is 20.3. The van der Waals surface area contributed by atoms with E-state index in [-0.39, 0.29) is 11.9 Å². The standard InChI is InChI=1S/C12H18N4O/c1-17-9-4-3-7-16(8-9)12-10(11(13)14)5-2-6-15-12/h2,5-6,9H,3-4,7-8H2,1H3,(H3,13,14). The summed E-state index contributed by atoms with van der Waals surface area (Å²) in [4.78, 5) is 6.49. The number of hydrogen-bond donors (Lipinski definition) is 2. The second-order valence-corrected chi connectivity index (χ2v) is 4.23. The molecule has 92 valence electrons. The third-order valence-corrected chi connectivity index (χ3v) is 3.09. The summed E-state index contributed by atoms with van der Waals surface area (Å²) in [6.45, 7) is 1.75. The van der Waals surface area contributed by atoms with Gasteiger partial charge < -0.3 is 15.4 Å². The van der Waals surface area contributed by atoms with E-state index in [9.17, 15) is 0 Å². The van der Waals surface area contributed by atoms with Crippen LogP contribution in [-0.2, 0) is 4.74 Å². The highest BCUT2D eigenvalue weighted by molar-refractivity contribution is 5.99. The van der Waals surface area contributed by atoms with E-state index in [1.54, 1.807) is 19.4 Å². The Morgan fingerprint density at radius 2 is 2.47 bits per heavy atom. The molecule has 1 aliphatic heterocycles. The summed E-state index contributed by atoms with van der Waals surface area (Å²) in [6, 6.07) is 3.64. The predicted octanol–water partition coefficient (Wildman–Crippen LogP) is 0.981. The van der Waals surface area contributed by atoms with Crippen LogP contribution in [0.15, 0.2) is 18.3 Å². The smallest absolute Gasteiger partial charge is 0.139 e. The molecule has 17 heavy (non-hydrogen) atoms. The molecule has 0 bridgehead atoms. The van der Waals surface area contributed by atoms with Gasteiger partial charge in [0.1, 0.15) is 11.7 Å². The van der Waals surface area contributed by atoms with Gasteiger partial charge >= 0.3 is 0 Å². The minimum Gasteiger partial charge on any atom is -0.384 e. The summed E-state index contributed by atoms with van der Waals surface area (Å²) in [5, 5.41) is 7.57. The number of nitrogens with zero attached hydrogens (tertiary/aromatic N) is 2. The van der Waals surface area contributed by atoms with Gasteiger partial charge in [0.05, 0.1) is 11.7 Å². The molecule has 0 spiro atoms. The molecule has 1 aromatic heterocycles. The Labute approximate surface area is 101 Å². The molecule has 0 aromatic carbocycles. The molecule has 0 radical (unpaired) electrons. The molecule has 5 nitrogen and oxygen atoms in total. The topological polar surface area (TPSA) is 75.2 Å². The van der Waals surface area contributed by atoms with E-state index >= 15 is 0 Å². The molecular formula is C12H18N4O. The Morgan fingerprint density at radius 3 is 3.18 bits per heavy atom. The summed E-state index contributed by atoms with van der Waals surface area (Å²) in [5.74, 6) is 0.856. The van der Waals surface area contributed by atoms with Gasteiger partial charge in [0, 0.05) is 26.4 Å². The lowest BCUT2D eigenvalue weighted by Crippen LogP contribution is -2.40. The zero-order valence-corrected chi connectivity index (χ0v) is 10.0. The number of piperidine rings is 1. The minimum atomic E-state index is 0.0626. The molecule has 1 saturated heterocycles. The van der Waals surface area contributed by atoms with Crippen LogP contribution in [0.4, 0.5) is 5.82 Å². The first-order valence-electron chi connectivity index (χ1n) is 5.79. The van der Waals surface area contributed by atoms with Crippen molar-refractivity contribution in [3.05, 3.63) is 23.9 Å². The average molecular weight is 234 g/mol. The third-order valence-electron chi connectivity index (χ3n) is 3.09. The van der Waals surface area contributed by atoms with Crippen LogP contribution in [0.1, 0.15) is 18.4 Å². The van der Waals surface area contributed by atoms with Gasteiger partial charge in [-0.25, -0.2) is 4.98 Å². The number of aromatic nitrogens is 1. The molecule has 1 aromatic rings. The van der Waals surface area contributed by atoms with Gasteiger partial charge in [-0.05, 0) is 25.0 Å². The van der Waals surface area contributed by atoms with Crippen LogP contribution in [0.5, 0.6) is 0 Å². The van der Waals surface area contributed by atoms with Crippen LogP contribution in [0.2, 0.25) is 0 Å². The van der Waals surface area contributed by atoms with Crippen molar-refractivity contribution in [3.63, 3.8) is 0 Å². The molecule has 0 aliphatic carbocycles. The molecular weight excluding hydrogens is 216 g/mol. The number of anilines is 1. The number of methoxy groups -OCH3 is 1. The summed E-state index contributed by atoms with van der Waals surface area (Å²) in [6.07, 6.45) is 4.13. The third kappa shape index (κ3) is 2.55. The van der Waals surface area contributed by atoms with Gasteiger partial charge in [-0.3, -0.25) is 5.41 Å². The number of hydrogen-bond acceptors (Lipinski definition) is 4. The van der Waals surface area contributed by atoms with E-state index in [1.807, 2.05) is 6.07 Å². The van der Waals surface area contributed by atoms with Crippen LogP contribution in [0, 0.1) is 5.41 Å². The number of nitrogens with two attached hydrogens (primary N) is 1. The average Bonchev–Trinajstić information content (AvgIpc) is 2.39. The molecule has 5 heteroatoms. The number of pyridine rings is 1. The first-order chi connectivity index (χ1) is 8.22. The molecule has 1 atom stereocenters. The maximum atomic E-state index is 7.57. The lowest BCUT2D eigenvalue weighted by atomic mass is 10.1. The van der Waals surface area contributed by atoms with E-state index in [2.05, 4.69) is 9.88 Å². The summed E-state index contributed by atoms with van der Waals surface area (Å²) in [7, 11) is 1.73. The Balaban J connectivity index is 2.24. The maximum absolute atomic E-state index is 7.57. The van der Waals surface area contributed by atoms with Gasteiger partial charge in [0.15, 0.2) is 0 Å². The van der Waals surface area contributed by atoms with E-state index < -0.39 is 0 Å². The number of rotatable bonds is 3. The van der Waals surface area contributed by atoms with Crippen molar-refractivity contribution >= 4 is 11.7 Å². The van der Waals surface area contributed by atoms with Gasteiger partial charge in [-0.2, -0.15) is 0 Å². The first-order valence-corrected chi connectivity index (χ1v) is 5.79. The second kappa shape index (κ2) is 5.14. The summed E-state index contributed by atoms with van der Waals surface area (Å²) < 4.78 is 5.39. The van der Waals surface area contributed by atoms with Crippen LogP contribution < -0.4 is 10.6 Å². The van der Waals surface area contributed by atoms with Crippen LogP contribution in [-0.4, -0.2) is 37.1 Å². The fraction of sp³-hybridized carbons (Fsp3) is 0.500. The quantitative estimate of drug-likeness (QED) is 0.604. The molecule has 0 saturated carbocycles. The van der Waals surface area contributed by atoms with Crippen LogP contribution >= 0.6 is 0 Å². The number of ether oxygens (including phenoxy) is 1. The largest absolute Gasteiger partial charge is 0.384 e. The van der Waals surface area contributed by atoms with Gasteiger partial charge in [0.25, 0.3) is 0 Å². The van der Waals surface area contributed by atoms with E-state index in [0.717, 1.165) is 31.7 Å². The fourth-order valence-electron chi connectivity index (χ4n) is 2.18. The number of nitrogens with one attached hydrogen (secondary N) is 1. The van der Waals surface area contributed by atoms with Gasteiger partial charge in [-0.1, -0.05) is 0 Å². The number of nitrogen functional groups attached to an aromatic ring is 1. The van der Waals surface area contributed by atoms with Crippen LogP contribution in [0.25, 0.3) is 0 Å². The maximum Gasteiger partial charge on any atom is 0.139 e. The van der Waals surface area contributed by atoms with Gasteiger partial charge in [-0.15, -0.1) is 0 Å². The molecule has 3 N–H and O–H groups in total. The molecule has 2 rings (SSSR count). The van der Waals surface area contributed by atoms with Crippen molar-refractivity contribution in [2.75, 3.05) is 25.1 Å². The Bertz CT molecular complexity index is 407. The fourth-order valence-corrected chi connectivity index (χ4v) is 2.18. The molecule has 1 unspecified atom stereocenters. The van der Waals surface area contributed by atoms with Crippen molar-refractivity contribution < 1.29 is 4.74 Å². The Hall–Kier alpha value is -1.62. The zero-order valence-electron chi connectivity index (χ0n) is 10.0. The zero-order chi connectivity index (χ0) is 12.3. The highest BCUT2D eigenvalue weighted by Crippen LogP contribution is 2.22. The monoisotopic (exact) mass is 234 g/mol. The minimum absolute atomic E-state index is 0.0626. The Morgan fingerprint density at radius 1 is 1.65 bits per heavy atom. The van der Waals surface area contributed by atoms with E-state index in [4.69, 9.17) is 15.9 Å². The van der Waals surface area contributed by atoms with Crippen molar-refractivity contribution in [3.8, 4) is 0 Å². The highest BCUT2D eigenvalue weighted by atomic mass is 16.5.